The van der Waals surface area contributed by atoms with Crippen molar-refractivity contribution in [2.45, 2.75) is 125 Å². The fourth-order valence-electron chi connectivity index (χ4n) is 4.61. The molecule has 36 heavy (non-hydrogen) atoms. The summed E-state index contributed by atoms with van der Waals surface area (Å²) in [5, 5.41) is 1.88. The number of carbonyl (C=O) groups is 2. The van der Waals surface area contributed by atoms with Gasteiger partial charge in [0.1, 0.15) is 0 Å². The number of carbonyl (C=O) groups excluding carboxylic acids is 2. The first-order valence-electron chi connectivity index (χ1n) is 13.4. The molecule has 7 nitrogen and oxygen atoms in total. The number of rotatable bonds is 10. The first-order chi connectivity index (χ1) is 16.7. The summed E-state index contributed by atoms with van der Waals surface area (Å²) in [5.41, 5.74) is -1.21. The number of thiophene rings is 1. The molecule has 0 saturated heterocycles. The molecule has 0 aliphatic carbocycles. The Labute approximate surface area is 224 Å². The summed E-state index contributed by atoms with van der Waals surface area (Å²) in [6, 6.07) is 0. The van der Waals surface area contributed by atoms with Crippen molar-refractivity contribution in [1.29, 1.82) is 0 Å². The van der Waals surface area contributed by atoms with Gasteiger partial charge in [0, 0.05) is 0 Å². The normalized spacial score (nSPS) is 12.8. The van der Waals surface area contributed by atoms with Gasteiger partial charge in [0.15, 0.2) is 0 Å². The zero-order valence-corrected chi connectivity index (χ0v) is 27.5. The van der Waals surface area contributed by atoms with Crippen molar-refractivity contribution in [2.24, 2.45) is 0 Å². The standard InChI is InChI=1S/C15H19N2O5S.3C4H9.Sn/c1-14(2,3)21-12(19)16-9-7-23-8-10(9)17(11(16)18)13(20)22-15(4,5)6;3*1-3-4-2;/h7H,1-6H3;3*1,3-4H2,2H3;. The van der Waals surface area contributed by atoms with Gasteiger partial charge >= 0.3 is 225 Å². The number of hydrogen-bond acceptors (Lipinski definition) is 6. The Morgan fingerprint density at radius 1 is 0.806 bits per heavy atom. The number of aromatic nitrogens is 2. The molecular weight excluding hydrogens is 583 g/mol. The summed E-state index contributed by atoms with van der Waals surface area (Å²) < 4.78 is 18.1. The second kappa shape index (κ2) is 12.5. The van der Waals surface area contributed by atoms with E-state index in [1.165, 1.54) is 16.2 Å². The van der Waals surface area contributed by atoms with Crippen LogP contribution in [0.1, 0.15) is 101 Å². The van der Waals surface area contributed by atoms with Gasteiger partial charge in [0.2, 0.25) is 0 Å². The average Bonchev–Trinajstić information content (AvgIpc) is 3.28. The van der Waals surface area contributed by atoms with Crippen molar-refractivity contribution in [3.05, 3.63) is 15.9 Å². The summed E-state index contributed by atoms with van der Waals surface area (Å²) in [5.74, 6) is 0. The van der Waals surface area contributed by atoms with E-state index in [1.807, 2.05) is 5.38 Å². The van der Waals surface area contributed by atoms with E-state index in [1.54, 1.807) is 52.9 Å². The monoisotopic (exact) mass is 630 g/mol. The van der Waals surface area contributed by atoms with E-state index in [-0.39, 0.29) is 0 Å². The van der Waals surface area contributed by atoms with Crippen LogP contribution in [0.5, 0.6) is 0 Å². The van der Waals surface area contributed by atoms with Gasteiger partial charge in [-0.25, -0.2) is 0 Å². The number of fused-ring (bicyclic) bond motifs is 1. The first-order valence-corrected chi connectivity index (χ1v) is 21.8. The zero-order chi connectivity index (χ0) is 27.3. The molecule has 2 rings (SSSR count). The number of unbranched alkanes of at least 4 members (excludes halogenated alkanes) is 3. The molecule has 0 aromatic carbocycles. The van der Waals surface area contributed by atoms with E-state index in [0.29, 0.717) is 11.0 Å². The van der Waals surface area contributed by atoms with Crippen molar-refractivity contribution >= 4 is 55.8 Å². The van der Waals surface area contributed by atoms with Crippen LogP contribution < -0.4 is 8.58 Å². The molecule has 0 aliphatic heterocycles. The van der Waals surface area contributed by atoms with Crippen LogP contribution in [0.4, 0.5) is 9.59 Å². The fraction of sp³-hybridized carbons (Fsp3) is 0.741. The van der Waals surface area contributed by atoms with Crippen LogP contribution in [-0.4, -0.2) is 50.9 Å². The molecule has 0 aliphatic rings. The summed E-state index contributed by atoms with van der Waals surface area (Å²) in [4.78, 5) is 40.3. The maximum absolute atomic E-state index is 13.7. The Bertz CT molecular complexity index is 1080. The third kappa shape index (κ3) is 7.39. The topological polar surface area (TPSA) is 79.5 Å². The molecule has 0 radical (unpaired) electrons. The predicted octanol–water partition coefficient (Wildman–Crippen LogP) is 7.49. The molecule has 204 valence electrons. The molecule has 2 heterocycles. The molecule has 0 unspecified atom stereocenters. The fourth-order valence-corrected chi connectivity index (χ4v) is 25.3. The van der Waals surface area contributed by atoms with Crippen LogP contribution in [0.2, 0.25) is 13.3 Å². The van der Waals surface area contributed by atoms with Crippen LogP contribution in [0, 0.1) is 0 Å². The van der Waals surface area contributed by atoms with Gasteiger partial charge in [0.25, 0.3) is 0 Å². The third-order valence-electron chi connectivity index (χ3n) is 6.25. The van der Waals surface area contributed by atoms with Crippen LogP contribution >= 0.6 is 11.3 Å². The Kier molecular flexibility index (Phi) is 10.7. The van der Waals surface area contributed by atoms with Crippen LogP contribution in [-0.2, 0) is 9.47 Å². The Morgan fingerprint density at radius 2 is 1.22 bits per heavy atom. The Morgan fingerprint density at radius 3 is 1.61 bits per heavy atom. The van der Waals surface area contributed by atoms with Crippen LogP contribution in [0.3, 0.4) is 0 Å². The van der Waals surface area contributed by atoms with E-state index in [4.69, 9.17) is 9.47 Å². The SMILES string of the molecule is CCC[CH2][Sn]([CH2]CCC)([CH2]CCC)[c]1scc2c1n(C(=O)OC(C)(C)C)c(=O)n2C(=O)OC(C)(C)C. The van der Waals surface area contributed by atoms with Gasteiger partial charge in [0.05, 0.1) is 0 Å². The molecular formula is C27H46N2O5SSn. The van der Waals surface area contributed by atoms with E-state index < -0.39 is 47.5 Å². The number of ether oxygens (including phenoxy) is 2. The third-order valence-corrected chi connectivity index (χ3v) is 25.6. The Hall–Kier alpha value is -1.29. The van der Waals surface area contributed by atoms with Crippen LogP contribution in [0.15, 0.2) is 10.2 Å². The predicted molar refractivity (Wildman–Crippen MR) is 152 cm³/mol. The molecule has 0 saturated carbocycles. The van der Waals surface area contributed by atoms with Gasteiger partial charge in [-0.15, -0.1) is 0 Å². The molecule has 0 amide bonds. The Balaban J connectivity index is 2.89. The average molecular weight is 629 g/mol. The summed E-state index contributed by atoms with van der Waals surface area (Å²) in [6.45, 7) is 17.3. The van der Waals surface area contributed by atoms with E-state index in [9.17, 15) is 14.4 Å². The molecule has 0 bridgehead atoms. The second-order valence-corrected chi connectivity index (χ2v) is 26.7. The molecule has 2 aromatic heterocycles. The van der Waals surface area contributed by atoms with Crippen LogP contribution in [0.25, 0.3) is 11.0 Å². The van der Waals surface area contributed by atoms with Crippen molar-refractivity contribution < 1.29 is 19.1 Å². The molecule has 0 atom stereocenters. The van der Waals surface area contributed by atoms with Gasteiger partial charge in [-0.3, -0.25) is 0 Å². The first kappa shape index (κ1) is 30.9. The minimum atomic E-state index is -3.07. The van der Waals surface area contributed by atoms with Crippen molar-refractivity contribution in [3.8, 4) is 0 Å². The molecule has 0 N–H and O–H groups in total. The molecule has 9 heteroatoms. The van der Waals surface area contributed by atoms with Gasteiger partial charge in [-0.05, 0) is 0 Å². The minimum absolute atomic E-state index is 0.464. The van der Waals surface area contributed by atoms with E-state index in [0.717, 1.165) is 47.7 Å². The summed E-state index contributed by atoms with van der Waals surface area (Å²) in [7, 11) is 0. The van der Waals surface area contributed by atoms with Gasteiger partial charge in [-0.1, -0.05) is 0 Å². The second-order valence-electron chi connectivity index (χ2n) is 11.8. The summed E-state index contributed by atoms with van der Waals surface area (Å²) >= 11 is -1.43. The maximum atomic E-state index is 13.7. The van der Waals surface area contributed by atoms with Gasteiger partial charge in [-0.2, -0.15) is 0 Å². The molecule has 0 spiro atoms. The molecule has 0 fully saturated rings. The quantitative estimate of drug-likeness (QED) is 0.255. The number of imidazole rings is 1. The molecule has 2 aromatic rings. The summed E-state index contributed by atoms with van der Waals surface area (Å²) in [6.07, 6.45) is 5.28. The number of nitrogens with zero attached hydrogens (tertiary/aromatic N) is 2. The van der Waals surface area contributed by atoms with Gasteiger partial charge < -0.3 is 0 Å². The zero-order valence-electron chi connectivity index (χ0n) is 23.8. The van der Waals surface area contributed by atoms with Crippen molar-refractivity contribution in [2.75, 3.05) is 0 Å². The van der Waals surface area contributed by atoms with E-state index in [2.05, 4.69) is 20.8 Å². The van der Waals surface area contributed by atoms with E-state index >= 15 is 0 Å². The number of hydrogen-bond donors (Lipinski definition) is 0. The van der Waals surface area contributed by atoms with Crippen molar-refractivity contribution in [3.63, 3.8) is 0 Å². The van der Waals surface area contributed by atoms with Crippen molar-refractivity contribution in [1.82, 2.24) is 9.13 Å².